The molecule has 0 fully saturated rings. The van der Waals surface area contributed by atoms with Crippen LogP contribution in [0.15, 0.2) is 29.2 Å². The van der Waals surface area contributed by atoms with E-state index in [0.29, 0.717) is 11.8 Å². The van der Waals surface area contributed by atoms with Crippen molar-refractivity contribution in [1.29, 1.82) is 0 Å². The molecule has 0 aliphatic carbocycles. The first-order chi connectivity index (χ1) is 6.11. The Balaban J connectivity index is 3.04. The molecule has 0 aromatic heterocycles. The molecule has 2 N–H and O–H groups in total. The molecule has 13 heavy (non-hydrogen) atoms. The third-order valence-corrected chi connectivity index (χ3v) is 2.04. The number of amides is 1. The van der Waals surface area contributed by atoms with Gasteiger partial charge in [0, 0.05) is 6.07 Å². The molecular formula is C7H6N2O3S. The number of hydrogen-bond acceptors (Lipinski definition) is 4. The molecule has 0 radical (unpaired) electrons. The molecule has 1 aromatic carbocycles. The lowest BCUT2D eigenvalue weighted by Crippen LogP contribution is -2.02. The van der Waals surface area contributed by atoms with Gasteiger partial charge in [-0.15, -0.1) is 0 Å². The fourth-order valence-corrected chi connectivity index (χ4v) is 1.41. The van der Waals surface area contributed by atoms with Crippen molar-refractivity contribution in [2.24, 2.45) is 5.73 Å². The Labute approximate surface area is 78.1 Å². The van der Waals surface area contributed by atoms with Crippen molar-refractivity contribution < 1.29 is 9.72 Å². The maximum absolute atomic E-state index is 10.5. The molecule has 0 aliphatic heterocycles. The molecule has 0 heterocycles. The van der Waals surface area contributed by atoms with Crippen molar-refractivity contribution in [3.63, 3.8) is 0 Å². The molecule has 68 valence electrons. The van der Waals surface area contributed by atoms with Crippen LogP contribution in [0.25, 0.3) is 0 Å². The van der Waals surface area contributed by atoms with Gasteiger partial charge in [0.25, 0.3) is 10.9 Å². The standard InChI is InChI=1S/C7H6N2O3S/c8-7(10)13-6-4-2-1-3-5(6)9(11)12/h1-4H,(H2,8,10). The Kier molecular flexibility index (Phi) is 2.86. The van der Waals surface area contributed by atoms with Crippen molar-refractivity contribution in [2.45, 2.75) is 4.90 Å². The minimum Gasteiger partial charge on any atom is -0.360 e. The fourth-order valence-electron chi connectivity index (χ4n) is 0.803. The predicted molar refractivity (Wildman–Crippen MR) is 48.5 cm³/mol. The summed E-state index contributed by atoms with van der Waals surface area (Å²) in [5.41, 5.74) is 4.79. The Bertz CT molecular complexity index is 353. The second kappa shape index (κ2) is 3.90. The fraction of sp³-hybridized carbons (Fsp3) is 0. The van der Waals surface area contributed by atoms with Crippen molar-refractivity contribution in [3.05, 3.63) is 34.4 Å². The van der Waals surface area contributed by atoms with Crippen LogP contribution in [0, 0.1) is 10.1 Å². The number of nitro groups is 1. The lowest BCUT2D eigenvalue weighted by atomic mass is 10.3. The minimum absolute atomic E-state index is 0.105. The van der Waals surface area contributed by atoms with E-state index >= 15 is 0 Å². The number of benzene rings is 1. The molecule has 6 heteroatoms. The SMILES string of the molecule is NC(=O)Sc1ccccc1[N+](=O)[O-]. The first-order valence-electron chi connectivity index (χ1n) is 3.32. The molecule has 0 aliphatic rings. The van der Waals surface area contributed by atoms with E-state index in [1.807, 2.05) is 0 Å². The number of nitro benzene ring substituents is 1. The third-order valence-electron chi connectivity index (χ3n) is 1.27. The Morgan fingerprint density at radius 2 is 2.08 bits per heavy atom. The number of nitrogens with two attached hydrogens (primary N) is 1. The van der Waals surface area contributed by atoms with Crippen molar-refractivity contribution in [2.75, 3.05) is 0 Å². The molecule has 0 saturated heterocycles. The first kappa shape index (κ1) is 9.53. The number of carbonyl (C=O) groups is 1. The van der Waals surface area contributed by atoms with Crippen LogP contribution in [0.5, 0.6) is 0 Å². The monoisotopic (exact) mass is 198 g/mol. The Morgan fingerprint density at radius 1 is 1.46 bits per heavy atom. The largest absolute Gasteiger partial charge is 0.360 e. The van der Waals surface area contributed by atoms with Gasteiger partial charge in [-0.25, -0.2) is 0 Å². The summed E-state index contributed by atoms with van der Waals surface area (Å²) < 4.78 is 0. The number of para-hydroxylation sites is 1. The highest BCUT2D eigenvalue weighted by molar-refractivity contribution is 8.13. The van der Waals surface area contributed by atoms with E-state index in [1.54, 1.807) is 6.07 Å². The average Bonchev–Trinajstić information content (AvgIpc) is 2.03. The quantitative estimate of drug-likeness (QED) is 0.445. The summed E-state index contributed by atoms with van der Waals surface area (Å²) in [6, 6.07) is 5.94. The zero-order valence-electron chi connectivity index (χ0n) is 6.47. The van der Waals surface area contributed by atoms with Gasteiger partial charge in [-0.1, -0.05) is 12.1 Å². The van der Waals surface area contributed by atoms with Gasteiger partial charge in [-0.05, 0) is 17.8 Å². The van der Waals surface area contributed by atoms with Gasteiger partial charge < -0.3 is 5.73 Å². The Hall–Kier alpha value is -1.56. The van der Waals surface area contributed by atoms with Gasteiger partial charge in [0.1, 0.15) is 0 Å². The molecule has 0 atom stereocenters. The van der Waals surface area contributed by atoms with Gasteiger partial charge in [-0.3, -0.25) is 14.9 Å². The van der Waals surface area contributed by atoms with Gasteiger partial charge in [0.15, 0.2) is 0 Å². The van der Waals surface area contributed by atoms with Crippen LogP contribution in [0.4, 0.5) is 10.5 Å². The van der Waals surface area contributed by atoms with Crippen molar-refractivity contribution >= 4 is 22.7 Å². The van der Waals surface area contributed by atoms with Gasteiger partial charge in [-0.2, -0.15) is 0 Å². The number of primary amides is 1. The highest BCUT2D eigenvalue weighted by Crippen LogP contribution is 2.28. The van der Waals surface area contributed by atoms with E-state index in [0.717, 1.165) is 0 Å². The van der Waals surface area contributed by atoms with Crippen molar-refractivity contribution in [1.82, 2.24) is 0 Å². The lowest BCUT2D eigenvalue weighted by Gasteiger charge is -1.97. The van der Waals surface area contributed by atoms with E-state index in [4.69, 9.17) is 5.73 Å². The van der Waals surface area contributed by atoms with E-state index in [2.05, 4.69) is 0 Å². The average molecular weight is 198 g/mol. The van der Waals surface area contributed by atoms with E-state index in [9.17, 15) is 14.9 Å². The molecule has 5 nitrogen and oxygen atoms in total. The molecule has 0 unspecified atom stereocenters. The molecule has 1 amide bonds. The normalized spacial score (nSPS) is 9.54. The van der Waals surface area contributed by atoms with Crippen LogP contribution < -0.4 is 5.73 Å². The lowest BCUT2D eigenvalue weighted by molar-refractivity contribution is -0.387. The van der Waals surface area contributed by atoms with Crippen LogP contribution in [0.1, 0.15) is 0 Å². The second-order valence-corrected chi connectivity index (χ2v) is 3.19. The van der Waals surface area contributed by atoms with Crippen LogP contribution in [0.3, 0.4) is 0 Å². The topological polar surface area (TPSA) is 86.2 Å². The van der Waals surface area contributed by atoms with Crippen LogP contribution >= 0.6 is 11.8 Å². The van der Waals surface area contributed by atoms with Gasteiger partial charge in [0.2, 0.25) is 0 Å². The number of thioether (sulfide) groups is 1. The number of rotatable bonds is 2. The number of nitrogens with zero attached hydrogens (tertiary/aromatic N) is 1. The molecule has 0 spiro atoms. The predicted octanol–water partition coefficient (Wildman–Crippen LogP) is 1.77. The number of carbonyl (C=O) groups excluding carboxylic acids is 1. The summed E-state index contributed by atoms with van der Waals surface area (Å²) in [6.07, 6.45) is 0. The Morgan fingerprint density at radius 3 is 2.62 bits per heavy atom. The van der Waals surface area contributed by atoms with Crippen LogP contribution in [0.2, 0.25) is 0 Å². The smallest absolute Gasteiger partial charge is 0.283 e. The summed E-state index contributed by atoms with van der Waals surface area (Å²) in [5, 5.41) is 9.79. The van der Waals surface area contributed by atoms with E-state index < -0.39 is 10.2 Å². The number of hydrogen-bond donors (Lipinski definition) is 1. The van der Waals surface area contributed by atoms with Crippen LogP contribution in [-0.2, 0) is 0 Å². The summed E-state index contributed by atoms with van der Waals surface area (Å²) in [7, 11) is 0. The van der Waals surface area contributed by atoms with Gasteiger partial charge in [0.05, 0.1) is 9.82 Å². The zero-order chi connectivity index (χ0) is 9.84. The van der Waals surface area contributed by atoms with Crippen molar-refractivity contribution in [3.8, 4) is 0 Å². The first-order valence-corrected chi connectivity index (χ1v) is 4.13. The molecule has 1 rings (SSSR count). The van der Waals surface area contributed by atoms with E-state index in [1.165, 1.54) is 18.2 Å². The third kappa shape index (κ3) is 2.45. The van der Waals surface area contributed by atoms with E-state index in [-0.39, 0.29) is 10.6 Å². The highest BCUT2D eigenvalue weighted by atomic mass is 32.2. The molecular weight excluding hydrogens is 192 g/mol. The summed E-state index contributed by atoms with van der Waals surface area (Å²) in [4.78, 5) is 20.7. The minimum atomic E-state index is -0.658. The zero-order valence-corrected chi connectivity index (χ0v) is 7.28. The molecule has 0 saturated carbocycles. The highest BCUT2D eigenvalue weighted by Gasteiger charge is 2.14. The van der Waals surface area contributed by atoms with Gasteiger partial charge >= 0.3 is 0 Å². The maximum Gasteiger partial charge on any atom is 0.283 e. The summed E-state index contributed by atoms with van der Waals surface area (Å²) >= 11 is 0.651. The maximum atomic E-state index is 10.5. The second-order valence-electron chi connectivity index (χ2n) is 2.15. The molecule has 0 bridgehead atoms. The molecule has 1 aromatic rings. The summed E-state index contributed by atoms with van der Waals surface area (Å²) in [5.74, 6) is 0. The van der Waals surface area contributed by atoms with Crippen LogP contribution in [-0.4, -0.2) is 10.2 Å². The summed E-state index contributed by atoms with van der Waals surface area (Å²) in [6.45, 7) is 0.